The number of piperidine rings is 1. The molecule has 4 rings (SSSR count). The number of nitrogens with zero attached hydrogens (tertiary/aromatic N) is 3. The van der Waals surface area contributed by atoms with Crippen LogP contribution < -0.4 is 0 Å². The number of aliphatic hydroxyl groups is 1. The minimum absolute atomic E-state index is 0.0982. The van der Waals surface area contributed by atoms with E-state index in [-0.39, 0.29) is 50.4 Å². The van der Waals surface area contributed by atoms with E-state index in [9.17, 15) is 19.5 Å². The van der Waals surface area contributed by atoms with Crippen LogP contribution in [0.5, 0.6) is 0 Å². The van der Waals surface area contributed by atoms with Gasteiger partial charge in [-0.05, 0) is 24.5 Å². The summed E-state index contributed by atoms with van der Waals surface area (Å²) in [5, 5.41) is 10.4. The van der Waals surface area contributed by atoms with Gasteiger partial charge in [-0.1, -0.05) is 6.07 Å². The Morgan fingerprint density at radius 1 is 1.31 bits per heavy atom. The Kier molecular flexibility index (Phi) is 5.26. The van der Waals surface area contributed by atoms with Gasteiger partial charge in [-0.25, -0.2) is 4.79 Å². The minimum Gasteiger partial charge on any atom is -0.467 e. The van der Waals surface area contributed by atoms with Gasteiger partial charge < -0.3 is 24.4 Å². The van der Waals surface area contributed by atoms with E-state index in [0.29, 0.717) is 0 Å². The molecule has 1 aliphatic carbocycles. The van der Waals surface area contributed by atoms with Crippen molar-refractivity contribution < 1.29 is 29.0 Å². The van der Waals surface area contributed by atoms with Gasteiger partial charge >= 0.3 is 5.97 Å². The van der Waals surface area contributed by atoms with Gasteiger partial charge in [0, 0.05) is 44.4 Å². The lowest BCUT2D eigenvalue weighted by Gasteiger charge is -2.43. The Balaban J connectivity index is 1.55. The number of methoxy groups -OCH3 is 1. The van der Waals surface area contributed by atoms with Gasteiger partial charge in [-0.3, -0.25) is 14.6 Å². The molecule has 1 aromatic rings. The smallest absolute Gasteiger partial charge is 0.337 e. The van der Waals surface area contributed by atoms with Crippen molar-refractivity contribution in [2.24, 2.45) is 0 Å². The summed E-state index contributed by atoms with van der Waals surface area (Å²) >= 11 is 0. The third kappa shape index (κ3) is 3.72. The normalized spacial score (nSPS) is 26.9. The van der Waals surface area contributed by atoms with Gasteiger partial charge in [0.1, 0.15) is 6.61 Å². The van der Waals surface area contributed by atoms with Crippen LogP contribution in [0.1, 0.15) is 37.3 Å². The molecule has 1 saturated carbocycles. The van der Waals surface area contributed by atoms with Crippen molar-refractivity contribution in [3.63, 3.8) is 0 Å². The predicted molar refractivity (Wildman–Crippen MR) is 99.4 cm³/mol. The van der Waals surface area contributed by atoms with Gasteiger partial charge in [-0.15, -0.1) is 0 Å². The molecule has 0 bridgehead atoms. The van der Waals surface area contributed by atoms with Crippen LogP contribution in [0, 0.1) is 0 Å². The van der Waals surface area contributed by atoms with E-state index in [4.69, 9.17) is 4.74 Å². The minimum atomic E-state index is -1.57. The summed E-state index contributed by atoms with van der Waals surface area (Å²) in [5.74, 6) is -1.05. The van der Waals surface area contributed by atoms with Crippen LogP contribution in [0.15, 0.2) is 24.5 Å². The first-order chi connectivity index (χ1) is 13.9. The number of amides is 2. The maximum Gasteiger partial charge on any atom is 0.337 e. The van der Waals surface area contributed by atoms with Crippen molar-refractivity contribution in [3.8, 4) is 0 Å². The molecule has 2 aliphatic heterocycles. The van der Waals surface area contributed by atoms with Crippen molar-refractivity contribution in [1.82, 2.24) is 14.8 Å². The summed E-state index contributed by atoms with van der Waals surface area (Å²) in [4.78, 5) is 45.2. The number of carbonyl (C=O) groups excluding carboxylic acids is 3. The van der Waals surface area contributed by atoms with E-state index in [2.05, 4.69) is 9.72 Å². The van der Waals surface area contributed by atoms with Crippen LogP contribution in [-0.2, 0) is 23.9 Å². The van der Waals surface area contributed by atoms with Crippen LogP contribution in [0.3, 0.4) is 0 Å². The second-order valence-corrected chi connectivity index (χ2v) is 7.84. The van der Waals surface area contributed by atoms with Gasteiger partial charge in [0.2, 0.25) is 5.91 Å². The Labute approximate surface area is 168 Å². The zero-order valence-corrected chi connectivity index (χ0v) is 16.3. The molecule has 0 unspecified atom stereocenters. The Hall–Kier alpha value is -2.52. The average Bonchev–Trinajstić information content (AvgIpc) is 3.58. The Bertz CT molecular complexity index is 789. The molecule has 3 aliphatic rings. The monoisotopic (exact) mass is 403 g/mol. The highest BCUT2D eigenvalue weighted by Gasteiger charge is 2.50. The molecule has 2 atom stereocenters. The SMILES string of the molecule is COC(=O)C1(O)CCN(C(=O)[C@H]2OCC(=O)N(C3CC3)[C@@H]2c2cccnc2)CC1. The third-order valence-electron chi connectivity index (χ3n) is 5.94. The number of morpholine rings is 1. The van der Waals surface area contributed by atoms with Gasteiger partial charge in [0.15, 0.2) is 11.7 Å². The van der Waals surface area contributed by atoms with E-state index in [0.717, 1.165) is 18.4 Å². The Morgan fingerprint density at radius 3 is 2.62 bits per heavy atom. The van der Waals surface area contributed by atoms with Crippen molar-refractivity contribution in [2.45, 2.75) is 49.5 Å². The lowest BCUT2D eigenvalue weighted by Crippen LogP contribution is -2.58. The van der Waals surface area contributed by atoms with Gasteiger partial charge in [0.05, 0.1) is 13.2 Å². The summed E-state index contributed by atoms with van der Waals surface area (Å²) in [6.07, 6.45) is 4.49. The maximum atomic E-state index is 13.3. The quantitative estimate of drug-likeness (QED) is 0.707. The topological polar surface area (TPSA) is 109 Å². The lowest BCUT2D eigenvalue weighted by atomic mass is 9.90. The number of ether oxygens (including phenoxy) is 2. The largest absolute Gasteiger partial charge is 0.467 e. The number of hydrogen-bond donors (Lipinski definition) is 1. The van der Waals surface area contributed by atoms with E-state index < -0.39 is 23.7 Å². The summed E-state index contributed by atoms with van der Waals surface area (Å²) < 4.78 is 10.4. The molecule has 3 heterocycles. The molecule has 1 aromatic heterocycles. The summed E-state index contributed by atoms with van der Waals surface area (Å²) in [6.45, 7) is 0.284. The number of aromatic nitrogens is 1. The van der Waals surface area contributed by atoms with Crippen LogP contribution in [0.25, 0.3) is 0 Å². The lowest BCUT2D eigenvalue weighted by molar-refractivity contribution is -0.177. The molecule has 0 aromatic carbocycles. The van der Waals surface area contributed by atoms with Gasteiger partial charge in [-0.2, -0.15) is 0 Å². The summed E-state index contributed by atoms with van der Waals surface area (Å²) in [5.41, 5.74) is -0.813. The van der Waals surface area contributed by atoms with Crippen molar-refractivity contribution in [3.05, 3.63) is 30.1 Å². The van der Waals surface area contributed by atoms with E-state index in [1.807, 2.05) is 6.07 Å². The fraction of sp³-hybridized carbons (Fsp3) is 0.600. The number of pyridine rings is 1. The van der Waals surface area contributed by atoms with Gasteiger partial charge in [0.25, 0.3) is 5.91 Å². The van der Waals surface area contributed by atoms with Crippen LogP contribution in [0.4, 0.5) is 0 Å². The number of rotatable bonds is 4. The molecule has 156 valence electrons. The first-order valence-corrected chi connectivity index (χ1v) is 9.87. The molecule has 2 amide bonds. The fourth-order valence-corrected chi connectivity index (χ4v) is 4.17. The molecule has 3 fully saturated rings. The summed E-state index contributed by atoms with van der Waals surface area (Å²) in [6, 6.07) is 3.21. The van der Waals surface area contributed by atoms with E-state index in [1.165, 1.54) is 7.11 Å². The number of hydrogen-bond acceptors (Lipinski definition) is 7. The zero-order valence-electron chi connectivity index (χ0n) is 16.3. The Morgan fingerprint density at radius 2 is 2.03 bits per heavy atom. The summed E-state index contributed by atoms with van der Waals surface area (Å²) in [7, 11) is 1.23. The number of likely N-dealkylation sites (tertiary alicyclic amines) is 1. The number of carbonyl (C=O) groups is 3. The highest BCUT2D eigenvalue weighted by atomic mass is 16.5. The van der Waals surface area contributed by atoms with Crippen LogP contribution in [-0.4, -0.2) is 82.2 Å². The number of esters is 1. The standard InChI is InChI=1S/C20H25N3O6/c1-28-19(26)20(27)6-9-22(10-7-20)18(25)17-16(13-3-2-8-21-11-13)23(14-4-5-14)15(24)12-29-17/h2-3,8,11,14,16-17,27H,4-7,9-10,12H2,1H3/t16-,17+/m1/s1. The molecule has 2 saturated heterocycles. The first kappa shape index (κ1) is 19.8. The highest BCUT2D eigenvalue weighted by molar-refractivity contribution is 5.87. The van der Waals surface area contributed by atoms with Crippen LogP contribution in [0.2, 0.25) is 0 Å². The van der Waals surface area contributed by atoms with Crippen molar-refractivity contribution in [2.75, 3.05) is 26.8 Å². The molecular weight excluding hydrogens is 378 g/mol. The molecule has 0 radical (unpaired) electrons. The second-order valence-electron chi connectivity index (χ2n) is 7.84. The van der Waals surface area contributed by atoms with Crippen molar-refractivity contribution in [1.29, 1.82) is 0 Å². The third-order valence-corrected chi connectivity index (χ3v) is 5.94. The molecule has 9 heteroatoms. The zero-order chi connectivity index (χ0) is 20.6. The van der Waals surface area contributed by atoms with E-state index in [1.54, 1.807) is 28.3 Å². The fourth-order valence-electron chi connectivity index (χ4n) is 4.17. The molecule has 9 nitrogen and oxygen atoms in total. The first-order valence-electron chi connectivity index (χ1n) is 9.87. The second kappa shape index (κ2) is 7.72. The van der Waals surface area contributed by atoms with Crippen molar-refractivity contribution >= 4 is 17.8 Å². The molecule has 1 N–H and O–H groups in total. The highest BCUT2D eigenvalue weighted by Crippen LogP contribution is 2.40. The average molecular weight is 403 g/mol. The van der Waals surface area contributed by atoms with E-state index >= 15 is 0 Å². The molecular formula is C20H25N3O6. The van der Waals surface area contributed by atoms with Crippen LogP contribution >= 0.6 is 0 Å². The maximum absolute atomic E-state index is 13.3. The predicted octanol–water partition coefficient (Wildman–Crippen LogP) is 0.0390. The molecule has 0 spiro atoms. The molecule has 29 heavy (non-hydrogen) atoms.